The Hall–Kier alpha value is -0.530. The molecule has 106 valence electrons. The number of hydrogen-bond donors (Lipinski definition) is 5. The van der Waals surface area contributed by atoms with E-state index in [1.54, 1.807) is 0 Å². The third-order valence-corrected chi connectivity index (χ3v) is 2.70. The van der Waals surface area contributed by atoms with Crippen molar-refractivity contribution in [3.05, 3.63) is 0 Å². The van der Waals surface area contributed by atoms with Crippen LogP contribution in [-0.2, 0) is 0 Å². The molecule has 1 rings (SSSR count). The molecule has 0 amide bonds. The van der Waals surface area contributed by atoms with E-state index in [1.165, 1.54) is 0 Å². The second-order valence-corrected chi connectivity index (χ2v) is 4.29. The van der Waals surface area contributed by atoms with Crippen LogP contribution in [0, 0.1) is 0 Å². The Balaban J connectivity index is 2.06. The summed E-state index contributed by atoms with van der Waals surface area (Å²) < 4.78 is 0. The lowest BCUT2D eigenvalue weighted by atomic mass is 10.5. The van der Waals surface area contributed by atoms with Gasteiger partial charge in [-0.25, -0.2) is 0 Å². The van der Waals surface area contributed by atoms with Crippen molar-refractivity contribution in [1.29, 1.82) is 0 Å². The summed E-state index contributed by atoms with van der Waals surface area (Å²) in [7, 11) is 0. The molecule has 1 heterocycles. The molecule has 0 fully saturated rings. The first-order valence-electron chi connectivity index (χ1n) is 7.02. The van der Waals surface area contributed by atoms with Crippen LogP contribution in [0.1, 0.15) is 0 Å². The summed E-state index contributed by atoms with van der Waals surface area (Å²) in [5.41, 5.74) is 0. The molecule has 1 aliphatic heterocycles. The van der Waals surface area contributed by atoms with Gasteiger partial charge in [-0.3, -0.25) is 4.99 Å². The molecular formula is C12H28N6. The first kappa shape index (κ1) is 15.5. The Kier molecular flexibility index (Phi) is 11.1. The largest absolute Gasteiger partial charge is 0.314 e. The monoisotopic (exact) mass is 256 g/mol. The minimum atomic E-state index is 0.863. The molecule has 0 unspecified atom stereocenters. The molecule has 0 aromatic rings. The quantitative estimate of drug-likeness (QED) is 0.347. The molecule has 6 nitrogen and oxygen atoms in total. The molecular weight excluding hydrogens is 228 g/mol. The first-order valence-corrected chi connectivity index (χ1v) is 7.02. The van der Waals surface area contributed by atoms with Crippen LogP contribution in [0.5, 0.6) is 0 Å². The second-order valence-electron chi connectivity index (χ2n) is 4.29. The highest BCUT2D eigenvalue weighted by atomic mass is 15.0. The highest BCUT2D eigenvalue weighted by Gasteiger charge is 1.91. The van der Waals surface area contributed by atoms with Gasteiger partial charge < -0.3 is 26.6 Å². The van der Waals surface area contributed by atoms with Crippen molar-refractivity contribution in [1.82, 2.24) is 26.6 Å². The van der Waals surface area contributed by atoms with Crippen molar-refractivity contribution in [2.75, 3.05) is 72.0 Å². The lowest BCUT2D eigenvalue weighted by Crippen LogP contribution is -2.37. The molecule has 5 N–H and O–H groups in total. The number of nitrogens with zero attached hydrogens (tertiary/aromatic N) is 1. The minimum Gasteiger partial charge on any atom is -0.314 e. The van der Waals surface area contributed by atoms with E-state index in [2.05, 4.69) is 31.6 Å². The zero-order chi connectivity index (χ0) is 12.7. The lowest BCUT2D eigenvalue weighted by molar-refractivity contribution is 0.562. The Bertz CT molecular complexity index is 177. The number of aliphatic imine (C=N–C) groups is 1. The fourth-order valence-electron chi connectivity index (χ4n) is 1.67. The minimum absolute atomic E-state index is 0.863. The van der Waals surface area contributed by atoms with Gasteiger partial charge in [0.2, 0.25) is 0 Å². The van der Waals surface area contributed by atoms with Crippen LogP contribution in [-0.4, -0.2) is 78.2 Å². The molecule has 0 spiro atoms. The summed E-state index contributed by atoms with van der Waals surface area (Å²) in [5, 5.41) is 16.9. The number of rotatable bonds is 0. The van der Waals surface area contributed by atoms with E-state index in [9.17, 15) is 0 Å². The molecule has 18 heavy (non-hydrogen) atoms. The highest BCUT2D eigenvalue weighted by Crippen LogP contribution is 1.68. The van der Waals surface area contributed by atoms with Crippen LogP contribution < -0.4 is 26.6 Å². The van der Waals surface area contributed by atoms with Crippen molar-refractivity contribution in [3.63, 3.8) is 0 Å². The van der Waals surface area contributed by atoms with E-state index in [-0.39, 0.29) is 0 Å². The molecule has 0 atom stereocenters. The van der Waals surface area contributed by atoms with Gasteiger partial charge >= 0.3 is 0 Å². The predicted octanol–water partition coefficient (Wildman–Crippen LogP) is -1.98. The van der Waals surface area contributed by atoms with Gasteiger partial charge in [0.05, 0.1) is 6.54 Å². The molecule has 0 saturated heterocycles. The van der Waals surface area contributed by atoms with Gasteiger partial charge in [-0.15, -0.1) is 0 Å². The van der Waals surface area contributed by atoms with E-state index in [0.717, 1.165) is 72.0 Å². The molecule has 0 bridgehead atoms. The van der Waals surface area contributed by atoms with E-state index >= 15 is 0 Å². The Morgan fingerprint density at radius 2 is 1.00 bits per heavy atom. The molecule has 0 saturated carbocycles. The van der Waals surface area contributed by atoms with Gasteiger partial charge in [0.15, 0.2) is 0 Å². The smallest absolute Gasteiger partial charge is 0.0510 e. The average molecular weight is 256 g/mol. The second kappa shape index (κ2) is 12.9. The van der Waals surface area contributed by atoms with Crippen molar-refractivity contribution < 1.29 is 0 Å². The van der Waals surface area contributed by atoms with E-state index in [0.29, 0.717) is 0 Å². The van der Waals surface area contributed by atoms with E-state index in [1.807, 2.05) is 6.21 Å². The van der Waals surface area contributed by atoms with E-state index in [4.69, 9.17) is 0 Å². The summed E-state index contributed by atoms with van der Waals surface area (Å²) in [6.45, 7) is 10.8. The molecule has 0 radical (unpaired) electrons. The van der Waals surface area contributed by atoms with Gasteiger partial charge in [0, 0.05) is 71.7 Å². The predicted molar refractivity (Wildman–Crippen MR) is 77.7 cm³/mol. The van der Waals surface area contributed by atoms with Crippen molar-refractivity contribution in [2.24, 2.45) is 4.99 Å². The maximum Gasteiger partial charge on any atom is 0.0510 e. The summed E-state index contributed by atoms with van der Waals surface area (Å²) in [6.07, 6.45) is 1.96. The normalized spacial score (nSPS) is 23.1. The zero-order valence-electron chi connectivity index (χ0n) is 11.3. The van der Waals surface area contributed by atoms with Crippen LogP contribution in [0.2, 0.25) is 0 Å². The first-order chi connectivity index (χ1) is 9.00. The van der Waals surface area contributed by atoms with Crippen molar-refractivity contribution in [2.45, 2.75) is 0 Å². The van der Waals surface area contributed by atoms with Crippen LogP contribution >= 0.6 is 0 Å². The van der Waals surface area contributed by atoms with Gasteiger partial charge in [0.25, 0.3) is 0 Å². The number of nitrogens with one attached hydrogen (secondary N) is 5. The maximum atomic E-state index is 4.33. The molecule has 0 aliphatic carbocycles. The van der Waals surface area contributed by atoms with Gasteiger partial charge in [-0.1, -0.05) is 0 Å². The fourth-order valence-corrected chi connectivity index (χ4v) is 1.67. The third-order valence-electron chi connectivity index (χ3n) is 2.70. The topological polar surface area (TPSA) is 72.5 Å². The fraction of sp³-hybridized carbons (Fsp3) is 0.917. The summed E-state index contributed by atoms with van der Waals surface area (Å²) in [5.74, 6) is 0. The Morgan fingerprint density at radius 3 is 1.56 bits per heavy atom. The molecule has 0 aromatic heterocycles. The average Bonchev–Trinajstić information content (AvgIpc) is 2.39. The summed E-state index contributed by atoms with van der Waals surface area (Å²) >= 11 is 0. The molecule has 6 heteroatoms. The molecule has 0 aromatic carbocycles. The van der Waals surface area contributed by atoms with Crippen LogP contribution in [0.25, 0.3) is 0 Å². The van der Waals surface area contributed by atoms with Gasteiger partial charge in [-0.2, -0.15) is 0 Å². The summed E-state index contributed by atoms with van der Waals surface area (Å²) in [4.78, 5) is 4.33. The standard InChI is InChI=1S/C12H28N6/c1-2-14-5-6-16-9-10-18-12-11-17-8-7-15-4-3-13-1/h1,14-18H,2-12H2. The van der Waals surface area contributed by atoms with Crippen molar-refractivity contribution in [3.8, 4) is 0 Å². The van der Waals surface area contributed by atoms with Crippen molar-refractivity contribution >= 4 is 6.21 Å². The third kappa shape index (κ3) is 10.6. The zero-order valence-corrected chi connectivity index (χ0v) is 11.3. The Labute approximate surface area is 110 Å². The SMILES string of the molecule is C1=NCCNCCNCCNCCNCCNC1. The van der Waals surface area contributed by atoms with Gasteiger partial charge in [-0.05, 0) is 0 Å². The van der Waals surface area contributed by atoms with Crippen LogP contribution in [0.15, 0.2) is 4.99 Å². The Morgan fingerprint density at radius 1 is 0.556 bits per heavy atom. The van der Waals surface area contributed by atoms with Gasteiger partial charge in [0.1, 0.15) is 0 Å². The molecule has 1 aliphatic rings. The van der Waals surface area contributed by atoms with Crippen LogP contribution in [0.4, 0.5) is 0 Å². The summed E-state index contributed by atoms with van der Waals surface area (Å²) in [6, 6.07) is 0. The maximum absolute atomic E-state index is 4.33. The highest BCUT2D eigenvalue weighted by molar-refractivity contribution is 5.59. The van der Waals surface area contributed by atoms with E-state index < -0.39 is 0 Å². The number of hydrogen-bond acceptors (Lipinski definition) is 6. The lowest BCUT2D eigenvalue weighted by Gasteiger charge is -2.09. The van der Waals surface area contributed by atoms with Crippen LogP contribution in [0.3, 0.4) is 0 Å².